The lowest BCUT2D eigenvalue weighted by Crippen LogP contribution is -2.31. The van der Waals surface area contributed by atoms with E-state index in [0.29, 0.717) is 12.1 Å². The Bertz CT molecular complexity index is 783. The van der Waals surface area contributed by atoms with E-state index in [9.17, 15) is 9.90 Å². The molecule has 0 radical (unpaired) electrons. The molecule has 0 saturated heterocycles. The van der Waals surface area contributed by atoms with Crippen molar-refractivity contribution < 1.29 is 9.90 Å². The van der Waals surface area contributed by atoms with Crippen LogP contribution in [0.1, 0.15) is 12.5 Å². The predicted octanol–water partition coefficient (Wildman–Crippen LogP) is 3.03. The summed E-state index contributed by atoms with van der Waals surface area (Å²) in [5, 5.41) is 17.5. The van der Waals surface area contributed by atoms with E-state index in [-0.39, 0.29) is 17.2 Å². The van der Waals surface area contributed by atoms with Crippen LogP contribution in [0.15, 0.2) is 77.1 Å². The first-order chi connectivity index (χ1) is 11.6. The number of amides is 1. The highest BCUT2D eigenvalue weighted by Gasteiger charge is 2.33. The van der Waals surface area contributed by atoms with Gasteiger partial charge in [-0.05, 0) is 31.0 Å². The number of anilines is 1. The van der Waals surface area contributed by atoms with Gasteiger partial charge in [0.05, 0.1) is 17.4 Å². The van der Waals surface area contributed by atoms with Gasteiger partial charge in [0.15, 0.2) is 0 Å². The third kappa shape index (κ3) is 3.46. The van der Waals surface area contributed by atoms with Gasteiger partial charge in [-0.15, -0.1) is 0 Å². The summed E-state index contributed by atoms with van der Waals surface area (Å²) in [6, 6.07) is 18.8. The second-order valence-electron chi connectivity index (χ2n) is 5.65. The Labute approximate surface area is 140 Å². The fourth-order valence-corrected chi connectivity index (χ4v) is 2.65. The van der Waals surface area contributed by atoms with Gasteiger partial charge in [0.2, 0.25) is 0 Å². The van der Waals surface area contributed by atoms with Gasteiger partial charge in [-0.25, -0.2) is 0 Å². The molecule has 0 aliphatic carbocycles. The highest BCUT2D eigenvalue weighted by Crippen LogP contribution is 2.20. The molecule has 3 N–H and O–H groups in total. The quantitative estimate of drug-likeness (QED) is 0.585. The summed E-state index contributed by atoms with van der Waals surface area (Å²) in [5.41, 5.74) is 5.44. The lowest BCUT2D eigenvalue weighted by Gasteiger charge is -2.10. The van der Waals surface area contributed by atoms with Crippen molar-refractivity contribution >= 4 is 17.3 Å². The van der Waals surface area contributed by atoms with Crippen LogP contribution < -0.4 is 10.7 Å². The number of aliphatic hydroxyl groups excluding tert-OH is 1. The standard InChI is InChI=1S/C19H19N3O2/c1-13(21-22-15-10-6-3-7-11-15)17-18(23)16(20-19(17)24)12-14-8-4-2-5-9-14/h2-11,16,22-23H,12H2,1H3,(H,20,24)/b21-13+. The summed E-state index contributed by atoms with van der Waals surface area (Å²) in [4.78, 5) is 12.2. The zero-order valence-electron chi connectivity index (χ0n) is 13.4. The number of nitrogens with zero attached hydrogens (tertiary/aromatic N) is 1. The van der Waals surface area contributed by atoms with Gasteiger partial charge < -0.3 is 10.4 Å². The van der Waals surface area contributed by atoms with E-state index < -0.39 is 6.04 Å². The molecule has 0 bridgehead atoms. The number of nitrogens with one attached hydrogen (secondary N) is 2. The molecule has 2 aromatic rings. The second kappa shape index (κ2) is 7.00. The van der Waals surface area contributed by atoms with E-state index in [0.717, 1.165) is 11.3 Å². The monoisotopic (exact) mass is 321 g/mol. The van der Waals surface area contributed by atoms with Gasteiger partial charge in [0.1, 0.15) is 11.3 Å². The maximum atomic E-state index is 12.2. The molecular formula is C19H19N3O2. The fraction of sp³-hybridized carbons (Fsp3) is 0.158. The third-order valence-corrected chi connectivity index (χ3v) is 3.89. The van der Waals surface area contributed by atoms with Crippen LogP contribution in [0.4, 0.5) is 5.69 Å². The average Bonchev–Trinajstić information content (AvgIpc) is 2.88. The minimum absolute atomic E-state index is 0.0416. The molecule has 3 rings (SSSR count). The van der Waals surface area contributed by atoms with E-state index in [2.05, 4.69) is 15.8 Å². The van der Waals surface area contributed by atoms with Crippen LogP contribution in [0.25, 0.3) is 0 Å². The second-order valence-corrected chi connectivity index (χ2v) is 5.65. The number of carbonyl (C=O) groups is 1. The summed E-state index contributed by atoms with van der Waals surface area (Å²) in [5.74, 6) is -0.260. The van der Waals surface area contributed by atoms with Crippen LogP contribution >= 0.6 is 0 Å². The first kappa shape index (κ1) is 15.8. The van der Waals surface area contributed by atoms with Gasteiger partial charge >= 0.3 is 0 Å². The topological polar surface area (TPSA) is 73.7 Å². The number of aliphatic hydroxyl groups is 1. The molecule has 1 aliphatic rings. The Balaban J connectivity index is 1.76. The summed E-state index contributed by atoms with van der Waals surface area (Å²) >= 11 is 0. The van der Waals surface area contributed by atoms with Gasteiger partial charge in [0, 0.05) is 0 Å². The van der Waals surface area contributed by atoms with E-state index >= 15 is 0 Å². The molecule has 1 heterocycles. The van der Waals surface area contributed by atoms with Crippen molar-refractivity contribution in [1.29, 1.82) is 0 Å². The SMILES string of the molecule is C/C(=N\Nc1ccccc1)C1=C(O)C(Cc2ccccc2)NC1=O. The highest BCUT2D eigenvalue weighted by atomic mass is 16.3. The summed E-state index contributed by atoms with van der Waals surface area (Å²) in [6.45, 7) is 1.70. The Hall–Kier alpha value is -3.08. The Kier molecular flexibility index (Phi) is 4.61. The van der Waals surface area contributed by atoms with Crippen LogP contribution in [-0.4, -0.2) is 22.8 Å². The normalized spacial score (nSPS) is 17.8. The van der Waals surface area contributed by atoms with Crippen LogP contribution in [0.5, 0.6) is 0 Å². The van der Waals surface area contributed by atoms with Crippen molar-refractivity contribution in [3.8, 4) is 0 Å². The maximum absolute atomic E-state index is 12.2. The summed E-state index contributed by atoms with van der Waals surface area (Å²) < 4.78 is 0. The predicted molar refractivity (Wildman–Crippen MR) is 94.9 cm³/mol. The lowest BCUT2D eigenvalue weighted by molar-refractivity contribution is -0.116. The van der Waals surface area contributed by atoms with E-state index in [4.69, 9.17) is 0 Å². The molecule has 0 saturated carbocycles. The van der Waals surface area contributed by atoms with Crippen molar-refractivity contribution in [3.05, 3.63) is 77.6 Å². The molecule has 1 unspecified atom stereocenters. The molecule has 24 heavy (non-hydrogen) atoms. The number of hydrogen-bond acceptors (Lipinski definition) is 4. The molecular weight excluding hydrogens is 302 g/mol. The fourth-order valence-electron chi connectivity index (χ4n) is 2.65. The minimum atomic E-state index is -0.420. The molecule has 0 aromatic heterocycles. The third-order valence-electron chi connectivity index (χ3n) is 3.89. The smallest absolute Gasteiger partial charge is 0.257 e. The Morgan fingerprint density at radius 2 is 1.75 bits per heavy atom. The Morgan fingerprint density at radius 3 is 2.42 bits per heavy atom. The highest BCUT2D eigenvalue weighted by molar-refractivity contribution is 6.22. The van der Waals surface area contributed by atoms with Crippen LogP contribution in [0.2, 0.25) is 0 Å². The van der Waals surface area contributed by atoms with Crippen molar-refractivity contribution in [2.75, 3.05) is 5.43 Å². The number of carbonyl (C=O) groups excluding carboxylic acids is 1. The zero-order valence-corrected chi connectivity index (χ0v) is 13.4. The molecule has 1 aliphatic heterocycles. The van der Waals surface area contributed by atoms with E-state index in [1.54, 1.807) is 6.92 Å². The van der Waals surface area contributed by atoms with Gasteiger partial charge in [-0.1, -0.05) is 48.5 Å². The maximum Gasteiger partial charge on any atom is 0.257 e. The molecule has 5 nitrogen and oxygen atoms in total. The summed E-state index contributed by atoms with van der Waals surface area (Å²) in [6.07, 6.45) is 0.543. The molecule has 1 amide bonds. The average molecular weight is 321 g/mol. The first-order valence-corrected chi connectivity index (χ1v) is 7.79. The molecule has 5 heteroatoms. The number of para-hydroxylation sites is 1. The van der Waals surface area contributed by atoms with Crippen LogP contribution in [-0.2, 0) is 11.2 Å². The van der Waals surface area contributed by atoms with Gasteiger partial charge in [-0.3, -0.25) is 10.2 Å². The molecule has 1 atom stereocenters. The van der Waals surface area contributed by atoms with E-state index in [1.165, 1.54) is 0 Å². The van der Waals surface area contributed by atoms with Crippen molar-refractivity contribution in [3.63, 3.8) is 0 Å². The van der Waals surface area contributed by atoms with Crippen molar-refractivity contribution in [1.82, 2.24) is 5.32 Å². The first-order valence-electron chi connectivity index (χ1n) is 7.79. The van der Waals surface area contributed by atoms with Crippen molar-refractivity contribution in [2.45, 2.75) is 19.4 Å². The largest absolute Gasteiger partial charge is 0.509 e. The molecule has 0 fully saturated rings. The number of rotatable bonds is 5. The van der Waals surface area contributed by atoms with Crippen LogP contribution in [0.3, 0.4) is 0 Å². The lowest BCUT2D eigenvalue weighted by atomic mass is 10.0. The van der Waals surface area contributed by atoms with Gasteiger partial charge in [0.25, 0.3) is 5.91 Å². The Morgan fingerprint density at radius 1 is 1.12 bits per heavy atom. The summed E-state index contributed by atoms with van der Waals surface area (Å²) in [7, 11) is 0. The molecule has 0 spiro atoms. The number of hydrogen-bond donors (Lipinski definition) is 3. The number of hydrazone groups is 1. The zero-order chi connectivity index (χ0) is 16.9. The number of benzene rings is 2. The minimum Gasteiger partial charge on any atom is -0.509 e. The van der Waals surface area contributed by atoms with Crippen molar-refractivity contribution in [2.24, 2.45) is 5.10 Å². The van der Waals surface area contributed by atoms with Crippen LogP contribution in [0, 0.1) is 0 Å². The molecule has 122 valence electrons. The molecule has 2 aromatic carbocycles. The van der Waals surface area contributed by atoms with Gasteiger partial charge in [-0.2, -0.15) is 5.10 Å². The van der Waals surface area contributed by atoms with E-state index in [1.807, 2.05) is 60.7 Å².